The van der Waals surface area contributed by atoms with Crippen molar-refractivity contribution in [2.24, 2.45) is 0 Å². The third-order valence-corrected chi connectivity index (χ3v) is 5.85. The van der Waals surface area contributed by atoms with Crippen LogP contribution in [0.15, 0.2) is 41.5 Å². The standard InChI is InChI=1S/C20H16ClF2N5O2S/c1-2-29-15-8-16(31-19(15)20-27-10-30-28-20)14-7-17(26-9-25-14)24-6-5-11-12(22)3-4-13(23)18(11)21/h3-4,7-10H,2,5-6H2,1H3,(H,24,25,26). The molecule has 0 bridgehead atoms. The molecule has 0 spiro atoms. The first-order valence-corrected chi connectivity index (χ1v) is 10.5. The van der Waals surface area contributed by atoms with Gasteiger partial charge in [0.2, 0.25) is 12.2 Å². The largest absolute Gasteiger partial charge is 0.492 e. The molecule has 31 heavy (non-hydrogen) atoms. The molecule has 0 unspecified atom stereocenters. The molecular formula is C20H16ClF2N5O2S. The fourth-order valence-electron chi connectivity index (χ4n) is 2.89. The molecule has 0 saturated heterocycles. The average molecular weight is 464 g/mol. The van der Waals surface area contributed by atoms with Crippen molar-refractivity contribution in [3.63, 3.8) is 0 Å². The number of rotatable bonds is 8. The van der Waals surface area contributed by atoms with Gasteiger partial charge in [0.25, 0.3) is 0 Å². The smallest absolute Gasteiger partial charge is 0.216 e. The predicted molar refractivity (Wildman–Crippen MR) is 113 cm³/mol. The summed E-state index contributed by atoms with van der Waals surface area (Å²) in [6.07, 6.45) is 2.86. The van der Waals surface area contributed by atoms with E-state index in [4.69, 9.17) is 20.9 Å². The van der Waals surface area contributed by atoms with Crippen LogP contribution in [0.25, 0.3) is 21.3 Å². The first kappa shape index (κ1) is 21.1. The molecule has 3 heterocycles. The lowest BCUT2D eigenvalue weighted by atomic mass is 10.1. The summed E-state index contributed by atoms with van der Waals surface area (Å²) in [4.78, 5) is 14.1. The van der Waals surface area contributed by atoms with Gasteiger partial charge in [0, 0.05) is 24.2 Å². The van der Waals surface area contributed by atoms with Crippen molar-refractivity contribution < 1.29 is 18.0 Å². The van der Waals surface area contributed by atoms with E-state index in [0.29, 0.717) is 36.2 Å². The maximum absolute atomic E-state index is 13.9. The third-order valence-electron chi connectivity index (χ3n) is 4.30. The minimum absolute atomic E-state index is 0.118. The van der Waals surface area contributed by atoms with Crippen LogP contribution in [0.4, 0.5) is 14.6 Å². The fourth-order valence-corrected chi connectivity index (χ4v) is 4.14. The van der Waals surface area contributed by atoms with Gasteiger partial charge in [0.15, 0.2) is 0 Å². The molecule has 7 nitrogen and oxygen atoms in total. The Hall–Kier alpha value is -3.11. The first-order chi connectivity index (χ1) is 15.1. The monoisotopic (exact) mass is 463 g/mol. The second-order valence-corrected chi connectivity index (χ2v) is 7.71. The van der Waals surface area contributed by atoms with Crippen LogP contribution >= 0.6 is 22.9 Å². The normalized spacial score (nSPS) is 11.0. The second kappa shape index (κ2) is 9.36. The Morgan fingerprint density at radius 3 is 2.77 bits per heavy atom. The molecule has 0 aliphatic carbocycles. The van der Waals surface area contributed by atoms with E-state index in [1.807, 2.05) is 13.0 Å². The van der Waals surface area contributed by atoms with Crippen molar-refractivity contribution in [2.75, 3.05) is 18.5 Å². The van der Waals surface area contributed by atoms with Gasteiger partial charge in [-0.2, -0.15) is 4.98 Å². The maximum Gasteiger partial charge on any atom is 0.216 e. The summed E-state index contributed by atoms with van der Waals surface area (Å²) >= 11 is 7.28. The molecule has 4 aromatic rings. The Morgan fingerprint density at radius 2 is 2.00 bits per heavy atom. The van der Waals surface area contributed by atoms with E-state index in [-0.39, 0.29) is 17.0 Å². The van der Waals surface area contributed by atoms with E-state index in [1.54, 1.807) is 6.07 Å². The highest BCUT2D eigenvalue weighted by molar-refractivity contribution is 7.19. The molecule has 0 fully saturated rings. The first-order valence-electron chi connectivity index (χ1n) is 9.28. The van der Waals surface area contributed by atoms with Crippen molar-refractivity contribution in [2.45, 2.75) is 13.3 Å². The van der Waals surface area contributed by atoms with Gasteiger partial charge in [0.05, 0.1) is 22.2 Å². The minimum atomic E-state index is -0.650. The summed E-state index contributed by atoms with van der Waals surface area (Å²) in [6, 6.07) is 5.68. The molecule has 160 valence electrons. The van der Waals surface area contributed by atoms with Crippen LogP contribution in [-0.2, 0) is 6.42 Å². The van der Waals surface area contributed by atoms with Crippen LogP contribution in [0.3, 0.4) is 0 Å². The van der Waals surface area contributed by atoms with Gasteiger partial charge in [-0.3, -0.25) is 0 Å². The van der Waals surface area contributed by atoms with E-state index in [2.05, 4.69) is 25.4 Å². The molecule has 1 N–H and O–H groups in total. The Bertz CT molecular complexity index is 1190. The number of hydrogen-bond acceptors (Lipinski definition) is 8. The lowest BCUT2D eigenvalue weighted by Crippen LogP contribution is -2.08. The van der Waals surface area contributed by atoms with Gasteiger partial charge >= 0.3 is 0 Å². The summed E-state index contributed by atoms with van der Waals surface area (Å²) in [5, 5.41) is 6.75. The molecule has 4 rings (SSSR count). The van der Waals surface area contributed by atoms with Gasteiger partial charge in [-0.15, -0.1) is 11.3 Å². The number of aromatic nitrogens is 4. The van der Waals surface area contributed by atoms with Crippen LogP contribution < -0.4 is 10.1 Å². The molecule has 0 atom stereocenters. The lowest BCUT2D eigenvalue weighted by molar-refractivity contribution is 0.342. The minimum Gasteiger partial charge on any atom is -0.492 e. The zero-order valence-electron chi connectivity index (χ0n) is 16.2. The number of benzene rings is 1. The Labute approximate surface area is 185 Å². The van der Waals surface area contributed by atoms with Gasteiger partial charge < -0.3 is 14.6 Å². The van der Waals surface area contributed by atoms with Crippen LogP contribution in [0.2, 0.25) is 5.02 Å². The van der Waals surface area contributed by atoms with Gasteiger partial charge in [0.1, 0.15) is 34.4 Å². The van der Waals surface area contributed by atoms with E-state index in [0.717, 1.165) is 21.9 Å². The van der Waals surface area contributed by atoms with Crippen molar-refractivity contribution in [3.05, 3.63) is 59.2 Å². The quantitative estimate of drug-likeness (QED) is 0.357. The topological polar surface area (TPSA) is 86.0 Å². The molecular weight excluding hydrogens is 448 g/mol. The average Bonchev–Trinajstić information content (AvgIpc) is 3.44. The highest BCUT2D eigenvalue weighted by Crippen LogP contribution is 2.41. The van der Waals surface area contributed by atoms with Crippen LogP contribution in [0, 0.1) is 11.6 Å². The van der Waals surface area contributed by atoms with Crippen molar-refractivity contribution in [1.29, 1.82) is 0 Å². The van der Waals surface area contributed by atoms with Crippen LogP contribution in [-0.4, -0.2) is 33.3 Å². The maximum atomic E-state index is 13.9. The molecule has 0 aliphatic rings. The van der Waals surface area contributed by atoms with Crippen molar-refractivity contribution in [1.82, 2.24) is 20.1 Å². The molecule has 3 aromatic heterocycles. The molecule has 0 saturated carbocycles. The summed E-state index contributed by atoms with van der Waals surface area (Å²) < 4.78 is 38.0. The zero-order valence-corrected chi connectivity index (χ0v) is 17.8. The fraction of sp³-hybridized carbons (Fsp3) is 0.200. The van der Waals surface area contributed by atoms with E-state index in [9.17, 15) is 8.78 Å². The van der Waals surface area contributed by atoms with Crippen molar-refractivity contribution in [3.8, 4) is 27.0 Å². The number of ether oxygens (including phenoxy) is 1. The molecule has 0 amide bonds. The number of nitrogens with one attached hydrogen (secondary N) is 1. The summed E-state index contributed by atoms with van der Waals surface area (Å²) in [6.45, 7) is 2.67. The molecule has 0 aliphatic heterocycles. The molecule has 0 radical (unpaired) electrons. The lowest BCUT2D eigenvalue weighted by Gasteiger charge is -2.09. The third kappa shape index (κ3) is 4.64. The number of thiophene rings is 1. The number of halogens is 3. The Morgan fingerprint density at radius 1 is 1.16 bits per heavy atom. The van der Waals surface area contributed by atoms with E-state index >= 15 is 0 Å². The van der Waals surface area contributed by atoms with Crippen LogP contribution in [0.1, 0.15) is 12.5 Å². The number of nitrogens with zero attached hydrogens (tertiary/aromatic N) is 4. The number of anilines is 1. The second-order valence-electron chi connectivity index (χ2n) is 6.28. The van der Waals surface area contributed by atoms with Gasteiger partial charge in [-0.1, -0.05) is 16.8 Å². The Kier molecular flexibility index (Phi) is 6.38. The summed E-state index contributed by atoms with van der Waals surface area (Å²) in [7, 11) is 0. The predicted octanol–water partition coefficient (Wildman–Crippen LogP) is 5.24. The Balaban J connectivity index is 1.51. The molecule has 1 aromatic carbocycles. The van der Waals surface area contributed by atoms with E-state index < -0.39 is 11.6 Å². The van der Waals surface area contributed by atoms with E-state index in [1.165, 1.54) is 24.1 Å². The summed E-state index contributed by atoms with van der Waals surface area (Å²) in [5.74, 6) is 0.398. The van der Waals surface area contributed by atoms with Crippen molar-refractivity contribution >= 4 is 28.8 Å². The highest BCUT2D eigenvalue weighted by atomic mass is 35.5. The van der Waals surface area contributed by atoms with Crippen LogP contribution in [0.5, 0.6) is 5.75 Å². The highest BCUT2D eigenvalue weighted by Gasteiger charge is 2.18. The van der Waals surface area contributed by atoms with Gasteiger partial charge in [-0.05, 0) is 25.5 Å². The van der Waals surface area contributed by atoms with Gasteiger partial charge in [-0.25, -0.2) is 18.7 Å². The zero-order chi connectivity index (χ0) is 21.8. The summed E-state index contributed by atoms with van der Waals surface area (Å²) in [5.41, 5.74) is 0.779. The SMILES string of the molecule is CCOc1cc(-c2cc(NCCc3c(F)ccc(F)c3Cl)ncn2)sc1-c1ncon1. The number of hydrogen-bond donors (Lipinski definition) is 1. The molecule has 11 heteroatoms.